The number of hydrogen-bond acceptors (Lipinski definition) is 6. The predicted octanol–water partition coefficient (Wildman–Crippen LogP) is 3.80. The second kappa shape index (κ2) is 7.66. The Hall–Kier alpha value is -3.45. The lowest BCUT2D eigenvalue weighted by molar-refractivity contribution is -0.384. The zero-order valence-corrected chi connectivity index (χ0v) is 15.0. The van der Waals surface area contributed by atoms with Crippen LogP contribution in [0.25, 0.3) is 10.8 Å². The fourth-order valence-electron chi connectivity index (χ4n) is 3.27. The number of anilines is 1. The number of nitro groups is 1. The number of carbonyl (C=O) groups is 1. The van der Waals surface area contributed by atoms with Crippen molar-refractivity contribution in [2.24, 2.45) is 0 Å². The Labute approximate surface area is 161 Å². The van der Waals surface area contributed by atoms with Gasteiger partial charge >= 0.3 is 5.97 Å². The molecule has 142 valence electrons. The molecule has 7 nitrogen and oxygen atoms in total. The summed E-state index contributed by atoms with van der Waals surface area (Å²) in [5.74, 6) is -0.240. The number of nitrogens with zero attached hydrogens (tertiary/aromatic N) is 2. The summed E-state index contributed by atoms with van der Waals surface area (Å²) >= 11 is 0. The number of ether oxygens (including phenoxy) is 2. The minimum Gasteiger partial charge on any atom is -0.423 e. The van der Waals surface area contributed by atoms with Gasteiger partial charge in [0.1, 0.15) is 11.4 Å². The third-order valence-electron chi connectivity index (χ3n) is 4.69. The van der Waals surface area contributed by atoms with E-state index in [0.29, 0.717) is 37.7 Å². The van der Waals surface area contributed by atoms with Crippen LogP contribution in [0.4, 0.5) is 11.4 Å². The van der Waals surface area contributed by atoms with Gasteiger partial charge < -0.3 is 14.4 Å². The highest BCUT2D eigenvalue weighted by Crippen LogP contribution is 2.30. The molecule has 0 amide bonds. The van der Waals surface area contributed by atoms with Crippen LogP contribution >= 0.6 is 0 Å². The fraction of sp³-hybridized carbons (Fsp3) is 0.190. The van der Waals surface area contributed by atoms with Crippen molar-refractivity contribution in [3.63, 3.8) is 0 Å². The number of rotatable bonds is 4. The summed E-state index contributed by atoms with van der Waals surface area (Å²) in [6.45, 7) is 2.18. The Morgan fingerprint density at radius 1 is 1.00 bits per heavy atom. The van der Waals surface area contributed by atoms with Crippen LogP contribution in [-0.2, 0) is 4.74 Å². The molecule has 0 atom stereocenters. The first-order chi connectivity index (χ1) is 13.6. The highest BCUT2D eigenvalue weighted by Gasteiger charge is 2.24. The van der Waals surface area contributed by atoms with Crippen LogP contribution in [0.2, 0.25) is 0 Å². The van der Waals surface area contributed by atoms with Crippen LogP contribution in [0, 0.1) is 10.1 Å². The first kappa shape index (κ1) is 17.9. The van der Waals surface area contributed by atoms with Crippen molar-refractivity contribution < 1.29 is 19.2 Å². The lowest BCUT2D eigenvalue weighted by Crippen LogP contribution is -2.36. The number of nitro benzene ring substituents is 1. The molecule has 1 fully saturated rings. The number of hydrogen-bond donors (Lipinski definition) is 0. The summed E-state index contributed by atoms with van der Waals surface area (Å²) < 4.78 is 10.7. The maximum Gasteiger partial charge on any atom is 0.343 e. The quantitative estimate of drug-likeness (QED) is 0.297. The van der Waals surface area contributed by atoms with Crippen LogP contribution in [0.3, 0.4) is 0 Å². The molecule has 0 saturated carbocycles. The maximum atomic E-state index is 12.5. The normalized spacial score (nSPS) is 14.1. The van der Waals surface area contributed by atoms with Crippen molar-refractivity contribution in [3.05, 3.63) is 76.3 Å². The van der Waals surface area contributed by atoms with Gasteiger partial charge in [0.2, 0.25) is 0 Å². The molecule has 3 aromatic carbocycles. The molecule has 0 unspecified atom stereocenters. The number of morpholine rings is 1. The smallest absolute Gasteiger partial charge is 0.343 e. The third kappa shape index (κ3) is 3.65. The molecule has 7 heteroatoms. The van der Waals surface area contributed by atoms with Crippen molar-refractivity contribution in [1.82, 2.24) is 0 Å². The summed E-state index contributed by atoms with van der Waals surface area (Å²) in [5.41, 5.74) is 0.502. The first-order valence-electron chi connectivity index (χ1n) is 8.94. The van der Waals surface area contributed by atoms with Gasteiger partial charge in [0, 0.05) is 19.2 Å². The highest BCUT2D eigenvalue weighted by atomic mass is 16.6. The van der Waals surface area contributed by atoms with Gasteiger partial charge in [-0.3, -0.25) is 10.1 Å². The van der Waals surface area contributed by atoms with Crippen molar-refractivity contribution in [2.45, 2.75) is 0 Å². The molecule has 0 bridgehead atoms. The lowest BCUT2D eigenvalue weighted by Gasteiger charge is -2.28. The van der Waals surface area contributed by atoms with Gasteiger partial charge in [-0.25, -0.2) is 4.79 Å². The second-order valence-corrected chi connectivity index (χ2v) is 6.46. The standard InChI is InChI=1S/C21H18N2O5/c24-21(28-18-7-5-15-3-1-2-4-16(15)13-18)17-6-8-19(20(14-17)23(25)26)22-9-11-27-12-10-22/h1-8,13-14H,9-12H2. The van der Waals surface area contributed by atoms with E-state index < -0.39 is 10.9 Å². The van der Waals surface area contributed by atoms with E-state index in [1.165, 1.54) is 6.07 Å². The molecule has 1 heterocycles. The van der Waals surface area contributed by atoms with Crippen molar-refractivity contribution in [2.75, 3.05) is 31.2 Å². The topological polar surface area (TPSA) is 81.9 Å². The molecular formula is C21H18N2O5. The summed E-state index contributed by atoms with van der Waals surface area (Å²) in [7, 11) is 0. The fourth-order valence-corrected chi connectivity index (χ4v) is 3.27. The number of carbonyl (C=O) groups excluding carboxylic acids is 1. The molecule has 4 rings (SSSR count). The van der Waals surface area contributed by atoms with Crippen molar-refractivity contribution in [1.29, 1.82) is 0 Å². The minimum absolute atomic E-state index is 0.116. The molecule has 1 aliphatic heterocycles. The Morgan fingerprint density at radius 3 is 2.50 bits per heavy atom. The number of fused-ring (bicyclic) bond motifs is 1. The van der Waals surface area contributed by atoms with E-state index in [0.717, 1.165) is 10.8 Å². The van der Waals surface area contributed by atoms with Gasteiger partial charge in [0.15, 0.2) is 0 Å². The Morgan fingerprint density at radius 2 is 1.75 bits per heavy atom. The molecule has 1 saturated heterocycles. The monoisotopic (exact) mass is 378 g/mol. The molecule has 0 radical (unpaired) electrons. The average Bonchev–Trinajstić information content (AvgIpc) is 2.73. The summed E-state index contributed by atoms with van der Waals surface area (Å²) in [6, 6.07) is 17.5. The van der Waals surface area contributed by atoms with Crippen LogP contribution < -0.4 is 9.64 Å². The molecule has 0 aliphatic carbocycles. The van der Waals surface area contributed by atoms with Gasteiger partial charge in [-0.15, -0.1) is 0 Å². The summed E-state index contributed by atoms with van der Waals surface area (Å²) in [5, 5.41) is 13.5. The number of esters is 1. The molecular weight excluding hydrogens is 360 g/mol. The zero-order valence-electron chi connectivity index (χ0n) is 15.0. The third-order valence-corrected chi connectivity index (χ3v) is 4.69. The van der Waals surface area contributed by atoms with E-state index in [1.807, 2.05) is 35.2 Å². The largest absolute Gasteiger partial charge is 0.423 e. The molecule has 0 aromatic heterocycles. The van der Waals surface area contributed by atoms with E-state index >= 15 is 0 Å². The van der Waals surface area contributed by atoms with Crippen molar-refractivity contribution in [3.8, 4) is 5.75 Å². The average molecular weight is 378 g/mol. The summed E-state index contributed by atoms with van der Waals surface area (Å²) in [6.07, 6.45) is 0. The zero-order chi connectivity index (χ0) is 19.5. The van der Waals surface area contributed by atoms with Gasteiger partial charge in [-0.2, -0.15) is 0 Å². The van der Waals surface area contributed by atoms with Crippen LogP contribution in [0.5, 0.6) is 5.75 Å². The van der Waals surface area contributed by atoms with E-state index in [-0.39, 0.29) is 11.3 Å². The minimum atomic E-state index is -0.632. The van der Waals surface area contributed by atoms with Gasteiger partial charge in [0.25, 0.3) is 5.69 Å². The van der Waals surface area contributed by atoms with Crippen molar-refractivity contribution >= 4 is 28.1 Å². The Balaban J connectivity index is 1.59. The van der Waals surface area contributed by atoms with Gasteiger partial charge in [-0.1, -0.05) is 30.3 Å². The predicted molar refractivity (Wildman–Crippen MR) is 105 cm³/mol. The molecule has 1 aliphatic rings. The summed E-state index contributed by atoms with van der Waals surface area (Å²) in [4.78, 5) is 25.5. The van der Waals surface area contributed by atoms with E-state index in [9.17, 15) is 14.9 Å². The first-order valence-corrected chi connectivity index (χ1v) is 8.94. The molecule has 0 N–H and O–H groups in total. The Bertz CT molecular complexity index is 1040. The maximum absolute atomic E-state index is 12.5. The van der Waals surface area contributed by atoms with Crippen LogP contribution in [0.15, 0.2) is 60.7 Å². The van der Waals surface area contributed by atoms with Crippen LogP contribution in [0.1, 0.15) is 10.4 Å². The SMILES string of the molecule is O=C(Oc1ccc2ccccc2c1)c1ccc(N2CCOCC2)c([N+](=O)[O-])c1. The van der Waals surface area contributed by atoms with E-state index in [4.69, 9.17) is 9.47 Å². The molecule has 28 heavy (non-hydrogen) atoms. The lowest BCUT2D eigenvalue weighted by atomic mass is 10.1. The number of benzene rings is 3. The van der Waals surface area contributed by atoms with Crippen LogP contribution in [-0.4, -0.2) is 37.2 Å². The highest BCUT2D eigenvalue weighted by molar-refractivity contribution is 5.93. The molecule has 3 aromatic rings. The molecule has 0 spiro atoms. The Kier molecular flexibility index (Phi) is 4.90. The van der Waals surface area contributed by atoms with E-state index in [2.05, 4.69) is 0 Å². The van der Waals surface area contributed by atoms with Gasteiger partial charge in [0.05, 0.1) is 23.7 Å². The van der Waals surface area contributed by atoms with Gasteiger partial charge in [-0.05, 0) is 35.0 Å². The second-order valence-electron chi connectivity index (χ2n) is 6.46. The van der Waals surface area contributed by atoms with E-state index in [1.54, 1.807) is 24.3 Å².